The van der Waals surface area contributed by atoms with Crippen LogP contribution in [0.15, 0.2) is 18.2 Å². The van der Waals surface area contributed by atoms with Crippen molar-refractivity contribution >= 4 is 17.6 Å². The van der Waals surface area contributed by atoms with Gasteiger partial charge in [0.1, 0.15) is 0 Å². The standard InChI is InChI=1S/C11H10ClNO2/c1-15-11(14)9-5-4-8(3-2-6-13)10(12)7-9/h4-5,7H,2-3H2,1H3. The molecule has 0 bridgehead atoms. The number of ether oxygens (including phenoxy) is 1. The highest BCUT2D eigenvalue weighted by molar-refractivity contribution is 6.31. The van der Waals surface area contributed by atoms with E-state index in [0.717, 1.165) is 5.56 Å². The van der Waals surface area contributed by atoms with Crippen molar-refractivity contribution < 1.29 is 9.53 Å². The SMILES string of the molecule is COC(=O)c1ccc(CCC#N)c(Cl)c1. The van der Waals surface area contributed by atoms with Crippen molar-refractivity contribution in [3.05, 3.63) is 34.3 Å². The highest BCUT2D eigenvalue weighted by atomic mass is 35.5. The molecule has 15 heavy (non-hydrogen) atoms. The first-order chi connectivity index (χ1) is 7.19. The Balaban J connectivity index is 2.89. The molecule has 1 aromatic carbocycles. The van der Waals surface area contributed by atoms with E-state index in [-0.39, 0.29) is 0 Å². The van der Waals surface area contributed by atoms with Gasteiger partial charge in [0.05, 0.1) is 18.7 Å². The number of hydrogen-bond donors (Lipinski definition) is 0. The summed E-state index contributed by atoms with van der Waals surface area (Å²) in [5.74, 6) is -0.413. The summed E-state index contributed by atoms with van der Waals surface area (Å²) >= 11 is 5.95. The quantitative estimate of drug-likeness (QED) is 0.740. The van der Waals surface area contributed by atoms with Crippen LogP contribution < -0.4 is 0 Å². The molecule has 0 aromatic heterocycles. The minimum absolute atomic E-state index is 0.413. The number of benzene rings is 1. The molecular formula is C11H10ClNO2. The van der Waals surface area contributed by atoms with Gasteiger partial charge in [0.25, 0.3) is 0 Å². The van der Waals surface area contributed by atoms with E-state index in [1.54, 1.807) is 18.2 Å². The van der Waals surface area contributed by atoms with Crippen molar-refractivity contribution in [3.63, 3.8) is 0 Å². The van der Waals surface area contributed by atoms with Crippen LogP contribution in [0.3, 0.4) is 0 Å². The highest BCUT2D eigenvalue weighted by Crippen LogP contribution is 2.19. The number of esters is 1. The Kier molecular flexibility index (Phi) is 4.14. The molecule has 0 heterocycles. The number of halogens is 1. The Morgan fingerprint density at radius 1 is 1.60 bits per heavy atom. The van der Waals surface area contributed by atoms with Crippen molar-refractivity contribution in [1.29, 1.82) is 5.26 Å². The zero-order chi connectivity index (χ0) is 11.3. The molecule has 0 amide bonds. The highest BCUT2D eigenvalue weighted by Gasteiger charge is 2.08. The van der Waals surface area contributed by atoms with Crippen LogP contribution in [-0.4, -0.2) is 13.1 Å². The molecule has 0 unspecified atom stereocenters. The third kappa shape index (κ3) is 2.97. The molecule has 0 spiro atoms. The molecule has 0 radical (unpaired) electrons. The summed E-state index contributed by atoms with van der Waals surface area (Å²) in [6.07, 6.45) is 1.01. The molecule has 0 saturated carbocycles. The van der Waals surface area contributed by atoms with Crippen LogP contribution in [0.25, 0.3) is 0 Å². The van der Waals surface area contributed by atoms with Gasteiger partial charge in [0.2, 0.25) is 0 Å². The normalized spacial score (nSPS) is 9.40. The first kappa shape index (κ1) is 11.5. The summed E-state index contributed by atoms with van der Waals surface area (Å²) in [6.45, 7) is 0. The maximum Gasteiger partial charge on any atom is 0.337 e. The van der Waals surface area contributed by atoms with E-state index in [1.165, 1.54) is 7.11 Å². The Morgan fingerprint density at radius 2 is 2.33 bits per heavy atom. The average Bonchev–Trinajstić information content (AvgIpc) is 2.26. The summed E-state index contributed by atoms with van der Waals surface area (Å²) in [5.41, 5.74) is 1.29. The van der Waals surface area contributed by atoms with Gasteiger partial charge in [-0.25, -0.2) is 4.79 Å². The Labute approximate surface area is 93.2 Å². The van der Waals surface area contributed by atoms with E-state index >= 15 is 0 Å². The summed E-state index contributed by atoms with van der Waals surface area (Å²) in [4.78, 5) is 11.2. The topological polar surface area (TPSA) is 50.1 Å². The van der Waals surface area contributed by atoms with Crippen LogP contribution in [0.5, 0.6) is 0 Å². The number of carbonyl (C=O) groups excluding carboxylic acids is 1. The summed E-state index contributed by atoms with van der Waals surface area (Å²) in [7, 11) is 1.32. The Hall–Kier alpha value is -1.53. The molecule has 0 fully saturated rings. The van der Waals surface area contributed by atoms with Crippen molar-refractivity contribution in [2.45, 2.75) is 12.8 Å². The van der Waals surface area contributed by atoms with Gasteiger partial charge in [0, 0.05) is 11.4 Å². The predicted octanol–water partition coefficient (Wildman–Crippen LogP) is 2.58. The van der Waals surface area contributed by atoms with Gasteiger partial charge in [-0.3, -0.25) is 0 Å². The number of nitriles is 1. The number of rotatable bonds is 3. The number of methoxy groups -OCH3 is 1. The molecule has 78 valence electrons. The Morgan fingerprint density at radius 3 is 2.87 bits per heavy atom. The lowest BCUT2D eigenvalue weighted by Gasteiger charge is -2.04. The van der Waals surface area contributed by atoms with Gasteiger partial charge in [-0.1, -0.05) is 17.7 Å². The predicted molar refractivity (Wildman–Crippen MR) is 56.7 cm³/mol. The molecule has 0 aliphatic carbocycles. The number of hydrogen-bond acceptors (Lipinski definition) is 3. The van der Waals surface area contributed by atoms with Crippen molar-refractivity contribution in [3.8, 4) is 6.07 Å². The zero-order valence-electron chi connectivity index (χ0n) is 8.29. The van der Waals surface area contributed by atoms with Crippen LogP contribution in [-0.2, 0) is 11.2 Å². The van der Waals surface area contributed by atoms with Gasteiger partial charge in [-0.15, -0.1) is 0 Å². The van der Waals surface area contributed by atoms with Crippen LogP contribution in [0.1, 0.15) is 22.3 Å². The van der Waals surface area contributed by atoms with Crippen LogP contribution in [0.2, 0.25) is 5.02 Å². The van der Waals surface area contributed by atoms with Crippen molar-refractivity contribution in [2.75, 3.05) is 7.11 Å². The lowest BCUT2D eigenvalue weighted by Crippen LogP contribution is -2.01. The number of aryl methyl sites for hydroxylation is 1. The van der Waals surface area contributed by atoms with Crippen molar-refractivity contribution in [2.24, 2.45) is 0 Å². The summed E-state index contributed by atoms with van der Waals surface area (Å²) < 4.78 is 4.56. The van der Waals surface area contributed by atoms with E-state index in [9.17, 15) is 4.79 Å². The number of nitrogens with zero attached hydrogens (tertiary/aromatic N) is 1. The second-order valence-electron chi connectivity index (χ2n) is 2.96. The largest absolute Gasteiger partial charge is 0.465 e. The molecule has 4 heteroatoms. The second kappa shape index (κ2) is 5.38. The lowest BCUT2D eigenvalue weighted by atomic mass is 10.1. The van der Waals surface area contributed by atoms with E-state index in [0.29, 0.717) is 23.4 Å². The monoisotopic (exact) mass is 223 g/mol. The summed E-state index contributed by atoms with van der Waals surface area (Å²) in [5, 5.41) is 8.93. The third-order valence-corrected chi connectivity index (χ3v) is 2.33. The summed E-state index contributed by atoms with van der Waals surface area (Å²) in [6, 6.07) is 6.98. The maximum atomic E-state index is 11.2. The smallest absolute Gasteiger partial charge is 0.337 e. The van der Waals surface area contributed by atoms with Gasteiger partial charge < -0.3 is 4.74 Å². The third-order valence-electron chi connectivity index (χ3n) is 1.98. The lowest BCUT2D eigenvalue weighted by molar-refractivity contribution is 0.0600. The van der Waals surface area contributed by atoms with Gasteiger partial charge >= 0.3 is 5.97 Å². The minimum atomic E-state index is -0.413. The van der Waals surface area contributed by atoms with E-state index in [4.69, 9.17) is 16.9 Å². The molecule has 1 rings (SSSR count). The van der Waals surface area contributed by atoms with Crippen LogP contribution in [0.4, 0.5) is 0 Å². The fourth-order valence-electron chi connectivity index (χ4n) is 1.19. The molecule has 3 nitrogen and oxygen atoms in total. The maximum absolute atomic E-state index is 11.2. The molecule has 0 atom stereocenters. The van der Waals surface area contributed by atoms with Gasteiger partial charge in [-0.05, 0) is 24.1 Å². The average molecular weight is 224 g/mol. The minimum Gasteiger partial charge on any atom is -0.465 e. The fourth-order valence-corrected chi connectivity index (χ4v) is 1.46. The molecule has 0 aliphatic rings. The van der Waals surface area contributed by atoms with Crippen LogP contribution in [0, 0.1) is 11.3 Å². The molecule has 1 aromatic rings. The first-order valence-electron chi connectivity index (χ1n) is 4.42. The fraction of sp³-hybridized carbons (Fsp3) is 0.273. The van der Waals surface area contributed by atoms with E-state index in [2.05, 4.69) is 4.74 Å². The molecular weight excluding hydrogens is 214 g/mol. The first-order valence-corrected chi connectivity index (χ1v) is 4.80. The van der Waals surface area contributed by atoms with E-state index < -0.39 is 5.97 Å². The second-order valence-corrected chi connectivity index (χ2v) is 3.36. The molecule has 0 saturated heterocycles. The van der Waals surface area contributed by atoms with Gasteiger partial charge in [-0.2, -0.15) is 5.26 Å². The van der Waals surface area contributed by atoms with Crippen molar-refractivity contribution in [1.82, 2.24) is 0 Å². The number of carbonyl (C=O) groups is 1. The Bertz CT molecular complexity index is 410. The van der Waals surface area contributed by atoms with Gasteiger partial charge in [0.15, 0.2) is 0 Å². The zero-order valence-corrected chi connectivity index (χ0v) is 9.04. The van der Waals surface area contributed by atoms with Crippen LogP contribution >= 0.6 is 11.6 Å². The molecule has 0 aliphatic heterocycles. The molecule has 0 N–H and O–H groups in total. The van der Waals surface area contributed by atoms with E-state index in [1.807, 2.05) is 6.07 Å².